The van der Waals surface area contributed by atoms with Gasteiger partial charge in [-0.1, -0.05) is 18.2 Å². The van der Waals surface area contributed by atoms with Crippen LogP contribution in [0, 0.1) is 5.92 Å². The molecule has 1 heterocycles. The third-order valence-corrected chi connectivity index (χ3v) is 3.08. The number of para-hydroxylation sites is 1. The van der Waals surface area contributed by atoms with Gasteiger partial charge in [0.1, 0.15) is 0 Å². The summed E-state index contributed by atoms with van der Waals surface area (Å²) in [6, 6.07) is 6.46. The van der Waals surface area contributed by atoms with Crippen LogP contribution >= 0.6 is 0 Å². The number of anilines is 1. The number of halogens is 3. The Hall–Kier alpha value is -2.25. The van der Waals surface area contributed by atoms with Gasteiger partial charge in [0.05, 0.1) is 11.6 Å². The van der Waals surface area contributed by atoms with Crippen molar-refractivity contribution in [3.05, 3.63) is 29.8 Å². The fraction of sp³-hybridized carbons (Fsp3) is 0.385. The number of carboxylic acid groups (broad SMARTS) is 1. The number of ether oxygens (including phenoxy) is 1. The van der Waals surface area contributed by atoms with Gasteiger partial charge in [0.15, 0.2) is 6.61 Å². The number of amides is 1. The van der Waals surface area contributed by atoms with Crippen molar-refractivity contribution in [3.8, 4) is 0 Å². The van der Waals surface area contributed by atoms with E-state index in [0.29, 0.717) is 11.3 Å². The molecule has 1 aromatic carbocycles. The van der Waals surface area contributed by atoms with Gasteiger partial charge in [0, 0.05) is 6.54 Å². The molecule has 1 atom stereocenters. The minimum Gasteiger partial charge on any atom is -0.481 e. The molecule has 21 heavy (non-hydrogen) atoms. The Bertz CT molecular complexity index is 559. The third kappa shape index (κ3) is 3.65. The van der Waals surface area contributed by atoms with Crippen molar-refractivity contribution in [2.75, 3.05) is 18.1 Å². The first-order valence-electron chi connectivity index (χ1n) is 6.09. The smallest absolute Gasteiger partial charge is 0.422 e. The quantitative estimate of drug-likeness (QED) is 0.911. The van der Waals surface area contributed by atoms with Gasteiger partial charge in [-0.25, -0.2) is 4.79 Å². The summed E-state index contributed by atoms with van der Waals surface area (Å²) in [4.78, 5) is 23.8. The van der Waals surface area contributed by atoms with E-state index in [1.807, 2.05) is 0 Å². The number of carbonyl (C=O) groups is 2. The molecular formula is C13H12F3NO4. The molecule has 0 aliphatic carbocycles. The van der Waals surface area contributed by atoms with E-state index < -0.39 is 30.8 Å². The largest absolute Gasteiger partial charge is 0.481 e. The number of rotatable bonds is 2. The molecule has 0 saturated heterocycles. The second-order valence-corrected chi connectivity index (χ2v) is 4.65. The number of nitrogens with zero attached hydrogens (tertiary/aromatic N) is 1. The van der Waals surface area contributed by atoms with Crippen LogP contribution in [0.4, 0.5) is 23.7 Å². The highest BCUT2D eigenvalue weighted by Gasteiger charge is 2.35. The van der Waals surface area contributed by atoms with Gasteiger partial charge < -0.3 is 9.84 Å². The Morgan fingerprint density at radius 3 is 2.62 bits per heavy atom. The normalized spacial score (nSPS) is 18.0. The SMILES string of the molecule is O=C(O)C1Cc2ccccc2N(C(=O)OCC(F)(F)F)C1. The number of carboxylic acids is 1. The topological polar surface area (TPSA) is 66.8 Å². The number of alkyl halides is 3. The molecule has 0 fully saturated rings. The first-order valence-corrected chi connectivity index (χ1v) is 6.09. The zero-order chi connectivity index (χ0) is 15.6. The standard InChI is InChI=1S/C13H12F3NO4/c14-13(15,16)7-21-12(20)17-6-9(11(18)19)5-8-3-1-2-4-10(8)17/h1-4,9H,5-7H2,(H,18,19). The molecule has 1 aliphatic heterocycles. The highest BCUT2D eigenvalue weighted by atomic mass is 19.4. The lowest BCUT2D eigenvalue weighted by Crippen LogP contribution is -2.43. The number of aliphatic carboxylic acids is 1. The molecule has 5 nitrogen and oxygen atoms in total. The van der Waals surface area contributed by atoms with Gasteiger partial charge in [0.25, 0.3) is 0 Å². The van der Waals surface area contributed by atoms with E-state index in [9.17, 15) is 22.8 Å². The van der Waals surface area contributed by atoms with Crippen LogP contribution in [-0.2, 0) is 16.0 Å². The van der Waals surface area contributed by atoms with Crippen molar-refractivity contribution in [2.24, 2.45) is 5.92 Å². The molecule has 0 aromatic heterocycles. The highest BCUT2D eigenvalue weighted by Crippen LogP contribution is 2.30. The minimum absolute atomic E-state index is 0.217. The van der Waals surface area contributed by atoms with Crippen LogP contribution in [0.5, 0.6) is 0 Å². The molecular weight excluding hydrogens is 291 g/mol. The van der Waals surface area contributed by atoms with Gasteiger partial charge in [-0.2, -0.15) is 13.2 Å². The van der Waals surface area contributed by atoms with Crippen LogP contribution in [0.25, 0.3) is 0 Å². The molecule has 0 bridgehead atoms. The van der Waals surface area contributed by atoms with Crippen molar-refractivity contribution >= 4 is 17.7 Å². The summed E-state index contributed by atoms with van der Waals surface area (Å²) in [5.41, 5.74) is 0.960. The Labute approximate surface area is 117 Å². The van der Waals surface area contributed by atoms with E-state index in [4.69, 9.17) is 5.11 Å². The van der Waals surface area contributed by atoms with Crippen molar-refractivity contribution in [2.45, 2.75) is 12.6 Å². The Balaban J connectivity index is 2.21. The predicted octanol–water partition coefficient (Wildman–Crippen LogP) is 2.45. The van der Waals surface area contributed by atoms with Crippen LogP contribution in [-0.4, -0.2) is 36.5 Å². The molecule has 0 radical (unpaired) electrons. The van der Waals surface area contributed by atoms with E-state index in [1.165, 1.54) is 0 Å². The lowest BCUT2D eigenvalue weighted by atomic mass is 9.93. The molecule has 1 N–H and O–H groups in total. The summed E-state index contributed by atoms with van der Waals surface area (Å²) < 4.78 is 40.5. The minimum atomic E-state index is -4.63. The van der Waals surface area contributed by atoms with Crippen molar-refractivity contribution in [3.63, 3.8) is 0 Å². The van der Waals surface area contributed by atoms with Crippen LogP contribution in [0.1, 0.15) is 5.56 Å². The number of carbonyl (C=O) groups excluding carboxylic acids is 1. The molecule has 0 spiro atoms. The second-order valence-electron chi connectivity index (χ2n) is 4.65. The van der Waals surface area contributed by atoms with Gasteiger partial charge in [-0.05, 0) is 18.1 Å². The number of hydrogen-bond acceptors (Lipinski definition) is 3. The van der Waals surface area contributed by atoms with Crippen LogP contribution in [0.15, 0.2) is 24.3 Å². The number of hydrogen-bond donors (Lipinski definition) is 1. The molecule has 0 saturated carbocycles. The van der Waals surface area contributed by atoms with E-state index in [-0.39, 0.29) is 13.0 Å². The van der Waals surface area contributed by atoms with Crippen LogP contribution < -0.4 is 4.90 Å². The van der Waals surface area contributed by atoms with E-state index in [0.717, 1.165) is 4.90 Å². The highest BCUT2D eigenvalue weighted by molar-refractivity contribution is 5.91. The Kier molecular flexibility index (Phi) is 4.06. The maximum atomic E-state index is 12.1. The monoisotopic (exact) mass is 303 g/mol. The molecule has 1 unspecified atom stereocenters. The zero-order valence-corrected chi connectivity index (χ0v) is 10.8. The first-order chi connectivity index (χ1) is 9.78. The lowest BCUT2D eigenvalue weighted by molar-refractivity contribution is -0.160. The van der Waals surface area contributed by atoms with Gasteiger partial charge in [-0.15, -0.1) is 0 Å². The van der Waals surface area contributed by atoms with Crippen LogP contribution in [0.3, 0.4) is 0 Å². The molecule has 2 rings (SSSR count). The van der Waals surface area contributed by atoms with Gasteiger partial charge >= 0.3 is 18.2 Å². The Morgan fingerprint density at radius 2 is 2.00 bits per heavy atom. The maximum Gasteiger partial charge on any atom is 0.422 e. The molecule has 114 valence electrons. The summed E-state index contributed by atoms with van der Waals surface area (Å²) in [6.07, 6.45) is -5.61. The van der Waals surface area contributed by atoms with E-state index in [2.05, 4.69) is 4.74 Å². The van der Waals surface area contributed by atoms with Gasteiger partial charge in [0.2, 0.25) is 0 Å². The summed E-state index contributed by atoms with van der Waals surface area (Å²) in [6.45, 7) is -1.93. The van der Waals surface area contributed by atoms with Crippen molar-refractivity contribution in [1.82, 2.24) is 0 Å². The summed E-state index contributed by atoms with van der Waals surface area (Å²) in [5.74, 6) is -1.99. The summed E-state index contributed by atoms with van der Waals surface area (Å²) in [7, 11) is 0. The summed E-state index contributed by atoms with van der Waals surface area (Å²) >= 11 is 0. The fourth-order valence-corrected chi connectivity index (χ4v) is 2.16. The van der Waals surface area contributed by atoms with Gasteiger partial charge in [-0.3, -0.25) is 9.69 Å². The molecule has 1 aromatic rings. The van der Waals surface area contributed by atoms with Crippen molar-refractivity contribution in [1.29, 1.82) is 0 Å². The van der Waals surface area contributed by atoms with E-state index >= 15 is 0 Å². The Morgan fingerprint density at radius 1 is 1.33 bits per heavy atom. The molecule has 8 heteroatoms. The average Bonchev–Trinajstić information content (AvgIpc) is 2.42. The zero-order valence-electron chi connectivity index (χ0n) is 10.8. The van der Waals surface area contributed by atoms with E-state index in [1.54, 1.807) is 24.3 Å². The second kappa shape index (κ2) is 5.63. The predicted molar refractivity (Wildman–Crippen MR) is 66.0 cm³/mol. The molecule has 1 amide bonds. The number of benzene rings is 1. The summed E-state index contributed by atoms with van der Waals surface area (Å²) in [5, 5.41) is 9.06. The number of fused-ring (bicyclic) bond motifs is 1. The molecule has 1 aliphatic rings. The third-order valence-electron chi connectivity index (χ3n) is 3.08. The first kappa shape index (κ1) is 15.1. The lowest BCUT2D eigenvalue weighted by Gasteiger charge is -2.32. The average molecular weight is 303 g/mol. The van der Waals surface area contributed by atoms with Crippen LogP contribution in [0.2, 0.25) is 0 Å². The van der Waals surface area contributed by atoms with Crippen molar-refractivity contribution < 1.29 is 32.6 Å². The fourth-order valence-electron chi connectivity index (χ4n) is 2.16. The maximum absolute atomic E-state index is 12.1.